The molecule has 0 atom stereocenters. The van der Waals surface area contributed by atoms with E-state index < -0.39 is 10.0 Å². The Labute approximate surface area is 190 Å². The Morgan fingerprint density at radius 1 is 1.26 bits per heavy atom. The van der Waals surface area contributed by atoms with Crippen molar-refractivity contribution in [3.05, 3.63) is 58.2 Å². The fourth-order valence-electron chi connectivity index (χ4n) is 3.78. The number of rotatable bonds is 5. The first-order valence-corrected chi connectivity index (χ1v) is 13.3. The molecule has 1 aromatic carbocycles. The van der Waals surface area contributed by atoms with Gasteiger partial charge in [0.15, 0.2) is 4.80 Å². The lowest BCUT2D eigenvalue weighted by molar-refractivity contribution is -0.122. The van der Waals surface area contributed by atoms with Crippen molar-refractivity contribution in [1.82, 2.24) is 8.87 Å². The van der Waals surface area contributed by atoms with Crippen LogP contribution in [0.1, 0.15) is 24.0 Å². The third-order valence-corrected chi connectivity index (χ3v) is 10.0. The number of amides is 1. The fraction of sp³-hybridized carbons (Fsp3) is 0.364. The highest BCUT2D eigenvalue weighted by atomic mass is 32.2. The molecular weight excluding hydrogens is 450 g/mol. The minimum absolute atomic E-state index is 0.175. The first-order chi connectivity index (χ1) is 14.8. The number of hydrogen-bond donors (Lipinski definition) is 0. The van der Waals surface area contributed by atoms with Gasteiger partial charge in [-0.05, 0) is 61.4 Å². The van der Waals surface area contributed by atoms with Crippen LogP contribution in [0.4, 0.5) is 0 Å². The summed E-state index contributed by atoms with van der Waals surface area (Å²) in [5, 5.41) is 1.76. The highest BCUT2D eigenvalue weighted by Gasteiger charge is 2.32. The molecule has 0 radical (unpaired) electrons. The summed E-state index contributed by atoms with van der Waals surface area (Å²) in [5.41, 5.74) is 3.45. The Morgan fingerprint density at radius 2 is 1.97 bits per heavy atom. The van der Waals surface area contributed by atoms with Gasteiger partial charge in [-0.2, -0.15) is 9.30 Å². The molecule has 0 unspecified atom stereocenters. The minimum atomic E-state index is -3.47. The number of carbonyl (C=O) groups excluding carboxylic acids is 1. The highest BCUT2D eigenvalue weighted by molar-refractivity contribution is 7.91. The standard InChI is InChI=1S/C22H25N3O3S3/c1-4-9-25-18-13-15(2)16(3)14-19(18)30-22(25)23-21(26)17-7-10-24(11-8-17)31(27,28)20-6-5-12-29-20/h4-6,12-14,17H,1,7-11H2,2-3H3. The quantitative estimate of drug-likeness (QED) is 0.522. The molecule has 0 N–H and O–H groups in total. The third-order valence-electron chi connectivity index (χ3n) is 5.71. The summed E-state index contributed by atoms with van der Waals surface area (Å²) in [4.78, 5) is 18.1. The van der Waals surface area contributed by atoms with Gasteiger partial charge in [0.2, 0.25) is 0 Å². The van der Waals surface area contributed by atoms with Crippen LogP contribution in [0.3, 0.4) is 0 Å². The molecule has 0 saturated carbocycles. The molecule has 3 heterocycles. The molecule has 1 amide bonds. The number of allylic oxidation sites excluding steroid dienone is 1. The zero-order chi connectivity index (χ0) is 22.2. The molecule has 2 aromatic heterocycles. The van der Waals surface area contributed by atoms with Crippen LogP contribution in [0.25, 0.3) is 10.2 Å². The molecular formula is C22H25N3O3S3. The number of aromatic nitrogens is 1. The second-order valence-corrected chi connectivity index (χ2v) is 11.9. The van der Waals surface area contributed by atoms with Crippen molar-refractivity contribution >= 4 is 48.8 Å². The average molecular weight is 476 g/mol. The topological polar surface area (TPSA) is 71.7 Å². The van der Waals surface area contributed by atoms with Crippen molar-refractivity contribution in [2.45, 2.75) is 37.4 Å². The van der Waals surface area contributed by atoms with E-state index in [0.717, 1.165) is 10.2 Å². The van der Waals surface area contributed by atoms with Gasteiger partial charge in [-0.15, -0.1) is 17.9 Å². The van der Waals surface area contributed by atoms with E-state index in [4.69, 9.17) is 0 Å². The summed E-state index contributed by atoms with van der Waals surface area (Å²) in [6.45, 7) is 9.24. The average Bonchev–Trinajstić information content (AvgIpc) is 3.39. The molecule has 1 aliphatic heterocycles. The maximum atomic E-state index is 13.0. The lowest BCUT2D eigenvalue weighted by atomic mass is 9.98. The second kappa shape index (κ2) is 8.82. The number of aryl methyl sites for hydroxylation is 2. The summed E-state index contributed by atoms with van der Waals surface area (Å²) in [6, 6.07) is 7.61. The van der Waals surface area contributed by atoms with Crippen LogP contribution in [0.15, 0.2) is 51.5 Å². The fourth-order valence-corrected chi connectivity index (χ4v) is 7.52. The molecule has 1 aliphatic rings. The van der Waals surface area contributed by atoms with E-state index in [0.29, 0.717) is 41.5 Å². The Kier molecular flexibility index (Phi) is 6.30. The second-order valence-electron chi connectivity index (χ2n) is 7.75. The number of benzene rings is 1. The molecule has 4 rings (SSSR count). The van der Waals surface area contributed by atoms with Gasteiger partial charge in [0, 0.05) is 25.6 Å². The summed E-state index contributed by atoms with van der Waals surface area (Å²) >= 11 is 2.72. The molecule has 9 heteroatoms. The van der Waals surface area contributed by atoms with Crippen molar-refractivity contribution in [1.29, 1.82) is 0 Å². The van der Waals surface area contributed by atoms with E-state index >= 15 is 0 Å². The first-order valence-electron chi connectivity index (χ1n) is 10.1. The van der Waals surface area contributed by atoms with Crippen LogP contribution >= 0.6 is 22.7 Å². The molecule has 0 aliphatic carbocycles. The van der Waals surface area contributed by atoms with Gasteiger partial charge < -0.3 is 4.57 Å². The summed E-state index contributed by atoms with van der Waals surface area (Å²) in [7, 11) is -3.47. The molecule has 6 nitrogen and oxygen atoms in total. The summed E-state index contributed by atoms with van der Waals surface area (Å²) < 4.78 is 30.3. The minimum Gasteiger partial charge on any atom is -0.312 e. The number of sulfonamides is 1. The monoisotopic (exact) mass is 475 g/mol. The van der Waals surface area contributed by atoms with Crippen molar-refractivity contribution in [3.63, 3.8) is 0 Å². The molecule has 1 saturated heterocycles. The van der Waals surface area contributed by atoms with Gasteiger partial charge in [-0.3, -0.25) is 4.79 Å². The first kappa shape index (κ1) is 22.1. The highest BCUT2D eigenvalue weighted by Crippen LogP contribution is 2.27. The smallest absolute Gasteiger partial charge is 0.252 e. The molecule has 1 fully saturated rings. The van der Waals surface area contributed by atoms with E-state index in [9.17, 15) is 13.2 Å². The third kappa shape index (κ3) is 4.32. The van der Waals surface area contributed by atoms with Gasteiger partial charge in [0.1, 0.15) is 4.21 Å². The molecule has 164 valence electrons. The number of carbonyl (C=O) groups is 1. The molecule has 31 heavy (non-hydrogen) atoms. The number of nitrogens with zero attached hydrogens (tertiary/aromatic N) is 3. The van der Waals surface area contributed by atoms with Gasteiger partial charge >= 0.3 is 0 Å². The van der Waals surface area contributed by atoms with Crippen LogP contribution in [0.5, 0.6) is 0 Å². The SMILES string of the molecule is C=CCn1c(=NC(=O)C2CCN(S(=O)(=O)c3cccs3)CC2)sc2cc(C)c(C)cc21. The number of piperidine rings is 1. The van der Waals surface area contributed by atoms with Crippen molar-refractivity contribution in [2.24, 2.45) is 10.9 Å². The Hall–Kier alpha value is -2.07. The number of thiazole rings is 1. The normalized spacial score (nSPS) is 16.8. The van der Waals surface area contributed by atoms with E-state index in [1.54, 1.807) is 23.6 Å². The number of hydrogen-bond acceptors (Lipinski definition) is 5. The molecule has 3 aromatic rings. The van der Waals surface area contributed by atoms with Crippen LogP contribution < -0.4 is 4.80 Å². The maximum Gasteiger partial charge on any atom is 0.252 e. The van der Waals surface area contributed by atoms with Crippen molar-refractivity contribution in [2.75, 3.05) is 13.1 Å². The van der Waals surface area contributed by atoms with Crippen LogP contribution in [-0.4, -0.2) is 36.3 Å². The largest absolute Gasteiger partial charge is 0.312 e. The zero-order valence-corrected chi connectivity index (χ0v) is 20.0. The lowest BCUT2D eigenvalue weighted by Gasteiger charge is -2.29. The lowest BCUT2D eigenvalue weighted by Crippen LogP contribution is -2.40. The number of fused-ring (bicyclic) bond motifs is 1. The molecule has 0 bridgehead atoms. The number of thiophene rings is 1. The zero-order valence-electron chi connectivity index (χ0n) is 17.6. The summed E-state index contributed by atoms with van der Waals surface area (Å²) in [5.74, 6) is -0.438. The predicted octanol–water partition coefficient (Wildman–Crippen LogP) is 4.10. The molecule has 0 spiro atoms. The van der Waals surface area contributed by atoms with E-state index in [-0.39, 0.29) is 11.8 Å². The maximum absolute atomic E-state index is 13.0. The predicted molar refractivity (Wildman–Crippen MR) is 126 cm³/mol. The van der Waals surface area contributed by atoms with E-state index in [1.807, 2.05) is 4.57 Å². The van der Waals surface area contributed by atoms with Crippen LogP contribution in [-0.2, 0) is 21.4 Å². The Balaban J connectivity index is 1.57. The van der Waals surface area contributed by atoms with Crippen molar-refractivity contribution in [3.8, 4) is 0 Å². The van der Waals surface area contributed by atoms with Gasteiger partial charge in [-0.1, -0.05) is 23.5 Å². The van der Waals surface area contributed by atoms with Crippen LogP contribution in [0, 0.1) is 19.8 Å². The van der Waals surface area contributed by atoms with Gasteiger partial charge in [-0.25, -0.2) is 8.42 Å². The van der Waals surface area contributed by atoms with Crippen molar-refractivity contribution < 1.29 is 13.2 Å². The van der Waals surface area contributed by atoms with E-state index in [1.165, 1.54) is 38.1 Å². The van der Waals surface area contributed by atoms with Crippen LogP contribution in [0.2, 0.25) is 0 Å². The van der Waals surface area contributed by atoms with E-state index in [2.05, 4.69) is 37.6 Å². The Morgan fingerprint density at radius 3 is 2.61 bits per heavy atom. The Bertz CT molecular complexity index is 1290. The van der Waals surface area contributed by atoms with Gasteiger partial charge in [0.25, 0.3) is 15.9 Å². The van der Waals surface area contributed by atoms with Gasteiger partial charge in [0.05, 0.1) is 10.2 Å². The summed E-state index contributed by atoms with van der Waals surface area (Å²) in [6.07, 6.45) is 2.77.